The van der Waals surface area contributed by atoms with Crippen molar-refractivity contribution >= 4 is 5.91 Å². The number of H-pyrrole nitrogens is 1. The number of aliphatic hydroxyl groups excluding tert-OH is 1. The molecule has 88 valence electrons. The van der Waals surface area contributed by atoms with Gasteiger partial charge in [-0.2, -0.15) is 5.21 Å². The van der Waals surface area contributed by atoms with Crippen LogP contribution < -0.4 is 0 Å². The maximum Gasteiger partial charge on any atom is 0.295 e. The van der Waals surface area contributed by atoms with Gasteiger partial charge in [-0.3, -0.25) is 4.79 Å². The molecule has 8 nitrogen and oxygen atoms in total. The molecule has 0 aromatic carbocycles. The summed E-state index contributed by atoms with van der Waals surface area (Å²) in [5.41, 5.74) is 0. The normalized spacial score (nSPS) is 25.8. The number of carbonyl (C=O) groups excluding carboxylic acids is 1. The van der Waals surface area contributed by atoms with Gasteiger partial charge >= 0.3 is 0 Å². The van der Waals surface area contributed by atoms with Crippen molar-refractivity contribution in [2.24, 2.45) is 0 Å². The third kappa shape index (κ3) is 2.17. The highest BCUT2D eigenvalue weighted by atomic mass is 16.5. The number of aromatic nitrogens is 4. The molecule has 0 radical (unpaired) electrons. The molecule has 2 atom stereocenters. The zero-order valence-electron chi connectivity index (χ0n) is 8.83. The molecule has 0 spiro atoms. The molecule has 1 aromatic rings. The van der Waals surface area contributed by atoms with E-state index in [9.17, 15) is 4.79 Å². The average Bonchev–Trinajstić information content (AvgIpc) is 2.80. The molecule has 1 amide bonds. The lowest BCUT2D eigenvalue weighted by Crippen LogP contribution is -2.50. The number of hydrogen-bond donors (Lipinski definition) is 2. The van der Waals surface area contributed by atoms with E-state index in [1.165, 1.54) is 0 Å². The fraction of sp³-hybridized carbons (Fsp3) is 0.750. The van der Waals surface area contributed by atoms with Gasteiger partial charge in [0.05, 0.1) is 18.8 Å². The molecule has 2 N–H and O–H groups in total. The van der Waals surface area contributed by atoms with Gasteiger partial charge in [0.2, 0.25) is 0 Å². The number of ether oxygens (including phenoxy) is 1. The molecule has 1 fully saturated rings. The highest BCUT2D eigenvalue weighted by Crippen LogP contribution is 2.12. The molecule has 2 unspecified atom stereocenters. The van der Waals surface area contributed by atoms with Crippen molar-refractivity contribution in [3.8, 4) is 0 Å². The number of nitrogens with zero attached hydrogens (tertiary/aromatic N) is 4. The van der Waals surface area contributed by atoms with Gasteiger partial charge in [-0.25, -0.2) is 0 Å². The van der Waals surface area contributed by atoms with Gasteiger partial charge in [-0.05, 0) is 12.1 Å². The standard InChI is InChI=1S/C8H13N5O3/c1-5-2-13(3-6(4-14)16-5)8(15)7-9-11-12-10-7/h5-6,14H,2-4H2,1H3,(H,9,10,11,12). The summed E-state index contributed by atoms with van der Waals surface area (Å²) in [4.78, 5) is 13.4. The summed E-state index contributed by atoms with van der Waals surface area (Å²) in [6.45, 7) is 2.54. The van der Waals surface area contributed by atoms with E-state index in [-0.39, 0.29) is 30.5 Å². The van der Waals surface area contributed by atoms with E-state index in [0.29, 0.717) is 13.1 Å². The maximum atomic E-state index is 11.9. The molecule has 0 aliphatic carbocycles. The van der Waals surface area contributed by atoms with Crippen LogP contribution in [0.3, 0.4) is 0 Å². The van der Waals surface area contributed by atoms with Crippen LogP contribution in [0.15, 0.2) is 0 Å². The predicted molar refractivity (Wildman–Crippen MR) is 51.5 cm³/mol. The summed E-state index contributed by atoms with van der Waals surface area (Å²) in [7, 11) is 0. The number of tetrazole rings is 1. The molecule has 1 saturated heterocycles. The van der Waals surface area contributed by atoms with Crippen LogP contribution in [0.25, 0.3) is 0 Å². The van der Waals surface area contributed by atoms with Crippen molar-refractivity contribution in [1.29, 1.82) is 0 Å². The van der Waals surface area contributed by atoms with Crippen LogP contribution >= 0.6 is 0 Å². The number of carbonyl (C=O) groups is 1. The Labute approximate surface area is 91.6 Å². The van der Waals surface area contributed by atoms with E-state index in [2.05, 4.69) is 20.6 Å². The smallest absolute Gasteiger partial charge is 0.295 e. The van der Waals surface area contributed by atoms with Gasteiger partial charge in [0, 0.05) is 13.1 Å². The molecule has 1 aliphatic heterocycles. The van der Waals surface area contributed by atoms with Crippen LogP contribution in [0.1, 0.15) is 17.5 Å². The number of morpholine rings is 1. The monoisotopic (exact) mass is 227 g/mol. The van der Waals surface area contributed by atoms with Crippen molar-refractivity contribution in [1.82, 2.24) is 25.5 Å². The molecule has 1 aliphatic rings. The van der Waals surface area contributed by atoms with Gasteiger partial charge in [0.25, 0.3) is 11.7 Å². The van der Waals surface area contributed by atoms with Gasteiger partial charge in [0.15, 0.2) is 0 Å². The van der Waals surface area contributed by atoms with E-state index in [4.69, 9.17) is 9.84 Å². The van der Waals surface area contributed by atoms with Crippen LogP contribution in [-0.4, -0.2) is 68.4 Å². The van der Waals surface area contributed by atoms with Gasteiger partial charge in [0.1, 0.15) is 0 Å². The summed E-state index contributed by atoms with van der Waals surface area (Å²) < 4.78 is 5.43. The van der Waals surface area contributed by atoms with Crippen molar-refractivity contribution in [2.45, 2.75) is 19.1 Å². The molecule has 8 heteroatoms. The maximum absolute atomic E-state index is 11.9. The highest BCUT2D eigenvalue weighted by molar-refractivity contribution is 5.90. The fourth-order valence-corrected chi connectivity index (χ4v) is 1.71. The first kappa shape index (κ1) is 11.0. The molecule has 1 aromatic heterocycles. The Morgan fingerprint density at radius 3 is 3.12 bits per heavy atom. The van der Waals surface area contributed by atoms with E-state index in [0.717, 1.165) is 0 Å². The summed E-state index contributed by atoms with van der Waals surface area (Å²) in [5.74, 6) is -0.270. The van der Waals surface area contributed by atoms with Crippen LogP contribution in [0.5, 0.6) is 0 Å². The van der Waals surface area contributed by atoms with E-state index in [1.807, 2.05) is 6.92 Å². The number of amides is 1. The van der Waals surface area contributed by atoms with Crippen LogP contribution in [0.2, 0.25) is 0 Å². The van der Waals surface area contributed by atoms with Gasteiger partial charge in [-0.15, -0.1) is 10.2 Å². The van der Waals surface area contributed by atoms with Crippen molar-refractivity contribution in [3.63, 3.8) is 0 Å². The Morgan fingerprint density at radius 2 is 2.50 bits per heavy atom. The second-order valence-electron chi connectivity index (χ2n) is 3.70. The van der Waals surface area contributed by atoms with E-state index < -0.39 is 0 Å². The minimum atomic E-state index is -0.348. The number of nitrogens with one attached hydrogen (secondary N) is 1. The lowest BCUT2D eigenvalue weighted by Gasteiger charge is -2.35. The summed E-state index contributed by atoms with van der Waals surface area (Å²) >= 11 is 0. The van der Waals surface area contributed by atoms with Crippen LogP contribution in [0.4, 0.5) is 0 Å². The number of rotatable bonds is 2. The lowest BCUT2D eigenvalue weighted by molar-refractivity contribution is -0.0860. The van der Waals surface area contributed by atoms with Crippen molar-refractivity contribution < 1.29 is 14.6 Å². The third-order valence-electron chi connectivity index (χ3n) is 2.35. The molecule has 2 rings (SSSR count). The minimum absolute atomic E-state index is 0.0331. The number of hydrogen-bond acceptors (Lipinski definition) is 6. The first-order valence-corrected chi connectivity index (χ1v) is 4.99. The lowest BCUT2D eigenvalue weighted by atomic mass is 10.2. The number of aromatic amines is 1. The summed E-state index contributed by atoms with van der Waals surface area (Å²) in [6, 6.07) is 0. The number of aliphatic hydroxyl groups is 1. The Bertz CT molecular complexity index is 355. The summed E-state index contributed by atoms with van der Waals surface area (Å²) in [6.07, 6.45) is -0.457. The Kier molecular flexibility index (Phi) is 3.11. The second-order valence-corrected chi connectivity index (χ2v) is 3.70. The largest absolute Gasteiger partial charge is 0.394 e. The molecular weight excluding hydrogens is 214 g/mol. The highest BCUT2D eigenvalue weighted by Gasteiger charge is 2.30. The average molecular weight is 227 g/mol. The van der Waals surface area contributed by atoms with Crippen LogP contribution in [0, 0.1) is 0 Å². The minimum Gasteiger partial charge on any atom is -0.394 e. The quantitative estimate of drug-likeness (QED) is 0.632. The first-order chi connectivity index (χ1) is 7.70. The van der Waals surface area contributed by atoms with Crippen LogP contribution in [-0.2, 0) is 4.74 Å². The van der Waals surface area contributed by atoms with Crippen molar-refractivity contribution in [2.75, 3.05) is 19.7 Å². The molecular formula is C8H13N5O3. The third-order valence-corrected chi connectivity index (χ3v) is 2.35. The van der Waals surface area contributed by atoms with E-state index >= 15 is 0 Å². The molecule has 0 bridgehead atoms. The molecule has 2 heterocycles. The second kappa shape index (κ2) is 4.54. The zero-order valence-corrected chi connectivity index (χ0v) is 8.83. The fourth-order valence-electron chi connectivity index (χ4n) is 1.71. The Balaban J connectivity index is 2.06. The summed E-state index contributed by atoms with van der Waals surface area (Å²) in [5, 5.41) is 21.8. The predicted octanol–water partition coefficient (Wildman–Crippen LogP) is -1.58. The van der Waals surface area contributed by atoms with Gasteiger partial charge < -0.3 is 14.7 Å². The first-order valence-electron chi connectivity index (χ1n) is 4.99. The SMILES string of the molecule is CC1CN(C(=O)c2nn[nH]n2)CC(CO)O1. The van der Waals surface area contributed by atoms with Gasteiger partial charge in [-0.1, -0.05) is 0 Å². The zero-order chi connectivity index (χ0) is 11.5. The topological polar surface area (TPSA) is 104 Å². The van der Waals surface area contributed by atoms with Crippen molar-refractivity contribution in [3.05, 3.63) is 5.82 Å². The van der Waals surface area contributed by atoms with E-state index in [1.54, 1.807) is 4.90 Å². The molecule has 0 saturated carbocycles. The Hall–Kier alpha value is -1.54. The molecule has 16 heavy (non-hydrogen) atoms. The Morgan fingerprint density at radius 1 is 1.69 bits per heavy atom.